The van der Waals surface area contributed by atoms with Gasteiger partial charge < -0.3 is 19.9 Å². The van der Waals surface area contributed by atoms with Gasteiger partial charge in [0.05, 0.1) is 29.5 Å². The van der Waals surface area contributed by atoms with Gasteiger partial charge in [-0.2, -0.15) is 0 Å². The van der Waals surface area contributed by atoms with Crippen LogP contribution in [0.3, 0.4) is 0 Å². The maximum atomic E-state index is 13.5. The molecule has 0 bridgehead atoms. The molecule has 1 aliphatic rings. The molecule has 9 heteroatoms. The first-order valence-corrected chi connectivity index (χ1v) is 11.5. The Morgan fingerprint density at radius 2 is 1.82 bits per heavy atom. The summed E-state index contributed by atoms with van der Waals surface area (Å²) in [5.41, 5.74) is 2.25. The van der Waals surface area contributed by atoms with Gasteiger partial charge in [0.1, 0.15) is 11.6 Å². The Kier molecular flexibility index (Phi) is 7.52. The summed E-state index contributed by atoms with van der Waals surface area (Å²) in [5.74, 6) is -1.96. The molecule has 4 rings (SSSR count). The standard InChI is InChI=1S/C25H28F2N4O3/c1-34-8-7-31-15-29-22-13-20(30-24(32)17-5-3-2-4-6-17)12-21(23(22)31)25(33)28-14-16-9-18(26)11-19(27)10-16/h9-13,15,17H,2-8,14H2,1H3,(H,28,33)(H,30,32). The van der Waals surface area contributed by atoms with Crippen LogP contribution in [0.15, 0.2) is 36.7 Å². The van der Waals surface area contributed by atoms with Crippen LogP contribution in [0, 0.1) is 17.6 Å². The molecule has 0 atom stereocenters. The van der Waals surface area contributed by atoms with Gasteiger partial charge in [-0.15, -0.1) is 0 Å². The van der Waals surface area contributed by atoms with Crippen LogP contribution in [-0.4, -0.2) is 35.1 Å². The number of halogens is 2. The van der Waals surface area contributed by atoms with Crippen molar-refractivity contribution in [1.82, 2.24) is 14.9 Å². The zero-order valence-electron chi connectivity index (χ0n) is 19.1. The molecule has 1 heterocycles. The van der Waals surface area contributed by atoms with Crippen LogP contribution in [0.5, 0.6) is 0 Å². The van der Waals surface area contributed by atoms with Crippen LogP contribution in [0.4, 0.5) is 14.5 Å². The molecular formula is C25H28F2N4O3. The zero-order valence-corrected chi connectivity index (χ0v) is 19.1. The third kappa shape index (κ3) is 5.59. The Morgan fingerprint density at radius 3 is 2.53 bits per heavy atom. The molecule has 1 fully saturated rings. The van der Waals surface area contributed by atoms with Crippen LogP contribution >= 0.6 is 0 Å². The Hall–Kier alpha value is -3.33. The van der Waals surface area contributed by atoms with Gasteiger partial charge in [-0.1, -0.05) is 19.3 Å². The number of benzene rings is 2. The highest BCUT2D eigenvalue weighted by atomic mass is 19.1. The van der Waals surface area contributed by atoms with E-state index in [9.17, 15) is 18.4 Å². The van der Waals surface area contributed by atoms with Gasteiger partial charge in [0, 0.05) is 37.9 Å². The van der Waals surface area contributed by atoms with E-state index in [1.807, 2.05) is 4.57 Å². The number of carbonyl (C=O) groups excluding carboxylic acids is 2. The number of carbonyl (C=O) groups is 2. The average Bonchev–Trinajstić information content (AvgIpc) is 3.23. The lowest BCUT2D eigenvalue weighted by atomic mass is 9.88. The van der Waals surface area contributed by atoms with E-state index in [-0.39, 0.29) is 18.4 Å². The van der Waals surface area contributed by atoms with Crippen LogP contribution in [0.1, 0.15) is 48.0 Å². The second-order valence-corrected chi connectivity index (χ2v) is 8.61. The van der Waals surface area contributed by atoms with Crippen molar-refractivity contribution in [2.45, 2.75) is 45.2 Å². The van der Waals surface area contributed by atoms with Crippen molar-refractivity contribution in [3.05, 3.63) is 59.4 Å². The number of aromatic nitrogens is 2. The summed E-state index contributed by atoms with van der Waals surface area (Å²) in [6.07, 6.45) is 6.56. The lowest BCUT2D eigenvalue weighted by molar-refractivity contribution is -0.120. The predicted octanol–water partition coefficient (Wildman–Crippen LogP) is 4.41. The van der Waals surface area contributed by atoms with E-state index >= 15 is 0 Å². The molecule has 1 aromatic heterocycles. The van der Waals surface area contributed by atoms with Gasteiger partial charge in [-0.25, -0.2) is 13.8 Å². The molecule has 3 aromatic rings. The number of imidazole rings is 1. The van der Waals surface area contributed by atoms with E-state index in [0.29, 0.717) is 41.0 Å². The Labute approximate surface area is 196 Å². The number of amides is 2. The summed E-state index contributed by atoms with van der Waals surface area (Å²) >= 11 is 0. The van der Waals surface area contributed by atoms with Crippen molar-refractivity contribution in [2.24, 2.45) is 5.92 Å². The lowest BCUT2D eigenvalue weighted by Gasteiger charge is -2.21. The molecular weight excluding hydrogens is 442 g/mol. The third-order valence-corrected chi connectivity index (χ3v) is 6.11. The van der Waals surface area contributed by atoms with Crippen molar-refractivity contribution in [3.8, 4) is 0 Å². The Balaban J connectivity index is 1.61. The number of anilines is 1. The normalized spacial score (nSPS) is 14.3. The van der Waals surface area contributed by atoms with E-state index in [2.05, 4.69) is 15.6 Å². The SMILES string of the molecule is COCCn1cnc2cc(NC(=O)C3CCCCC3)cc(C(=O)NCc3cc(F)cc(F)c3)c21. The lowest BCUT2D eigenvalue weighted by Crippen LogP contribution is -2.26. The molecule has 34 heavy (non-hydrogen) atoms. The summed E-state index contributed by atoms with van der Waals surface area (Å²) in [6.45, 7) is 0.852. The van der Waals surface area contributed by atoms with Crippen molar-refractivity contribution in [3.63, 3.8) is 0 Å². The van der Waals surface area contributed by atoms with Gasteiger partial charge in [-0.3, -0.25) is 9.59 Å². The van der Waals surface area contributed by atoms with Crippen LogP contribution in [-0.2, 0) is 22.6 Å². The molecule has 0 spiro atoms. The van der Waals surface area contributed by atoms with Crippen molar-refractivity contribution in [1.29, 1.82) is 0 Å². The van der Waals surface area contributed by atoms with E-state index < -0.39 is 17.5 Å². The maximum absolute atomic E-state index is 13.5. The number of nitrogens with one attached hydrogen (secondary N) is 2. The summed E-state index contributed by atoms with van der Waals surface area (Å²) in [4.78, 5) is 30.4. The largest absolute Gasteiger partial charge is 0.383 e. The minimum atomic E-state index is -0.711. The summed E-state index contributed by atoms with van der Waals surface area (Å²) in [7, 11) is 1.59. The highest BCUT2D eigenvalue weighted by Gasteiger charge is 2.23. The number of hydrogen-bond donors (Lipinski definition) is 2. The summed E-state index contributed by atoms with van der Waals surface area (Å²) < 4.78 is 34.0. The number of rotatable bonds is 8. The minimum Gasteiger partial charge on any atom is -0.383 e. The molecule has 0 aliphatic heterocycles. The Bertz CT molecular complexity index is 1170. The van der Waals surface area contributed by atoms with E-state index in [0.717, 1.165) is 38.2 Å². The second kappa shape index (κ2) is 10.7. The number of fused-ring (bicyclic) bond motifs is 1. The second-order valence-electron chi connectivity index (χ2n) is 8.61. The molecule has 1 aliphatic carbocycles. The first-order chi connectivity index (χ1) is 16.4. The molecule has 1 saturated carbocycles. The first-order valence-electron chi connectivity index (χ1n) is 11.5. The van der Waals surface area contributed by atoms with Gasteiger partial charge >= 0.3 is 0 Å². The topological polar surface area (TPSA) is 85.2 Å². The summed E-state index contributed by atoms with van der Waals surface area (Å²) in [5, 5.41) is 5.67. The predicted molar refractivity (Wildman–Crippen MR) is 124 cm³/mol. The molecule has 2 N–H and O–H groups in total. The third-order valence-electron chi connectivity index (χ3n) is 6.11. The highest BCUT2D eigenvalue weighted by Crippen LogP contribution is 2.27. The zero-order chi connectivity index (χ0) is 24.1. The van der Waals surface area contributed by atoms with Crippen LogP contribution in [0.2, 0.25) is 0 Å². The van der Waals surface area contributed by atoms with Gasteiger partial charge in [-0.05, 0) is 42.7 Å². The summed E-state index contributed by atoms with van der Waals surface area (Å²) in [6, 6.07) is 6.49. The van der Waals surface area contributed by atoms with Gasteiger partial charge in [0.25, 0.3) is 5.91 Å². The van der Waals surface area contributed by atoms with Gasteiger partial charge in [0.2, 0.25) is 5.91 Å². The van der Waals surface area contributed by atoms with Crippen molar-refractivity contribution in [2.75, 3.05) is 19.0 Å². The Morgan fingerprint density at radius 1 is 1.09 bits per heavy atom. The van der Waals surface area contributed by atoms with E-state index in [4.69, 9.17) is 4.74 Å². The quantitative estimate of drug-likeness (QED) is 0.511. The fourth-order valence-corrected chi connectivity index (χ4v) is 4.41. The molecule has 7 nitrogen and oxygen atoms in total. The van der Waals surface area contributed by atoms with E-state index in [1.165, 1.54) is 12.1 Å². The number of nitrogens with zero attached hydrogens (tertiary/aromatic N) is 2. The number of hydrogen-bond acceptors (Lipinski definition) is 4. The minimum absolute atomic E-state index is 0.0381. The number of ether oxygens (including phenoxy) is 1. The highest BCUT2D eigenvalue weighted by molar-refractivity contribution is 6.07. The van der Waals surface area contributed by atoms with E-state index in [1.54, 1.807) is 25.6 Å². The molecule has 2 amide bonds. The fraction of sp³-hybridized carbons (Fsp3) is 0.400. The average molecular weight is 471 g/mol. The maximum Gasteiger partial charge on any atom is 0.253 e. The molecule has 180 valence electrons. The van der Waals surface area contributed by atoms with Crippen LogP contribution in [0.25, 0.3) is 11.0 Å². The fourth-order valence-electron chi connectivity index (χ4n) is 4.41. The molecule has 0 saturated heterocycles. The van der Waals surface area contributed by atoms with Crippen molar-refractivity contribution < 1.29 is 23.1 Å². The monoisotopic (exact) mass is 470 g/mol. The van der Waals surface area contributed by atoms with Gasteiger partial charge in [0.15, 0.2) is 0 Å². The van der Waals surface area contributed by atoms with Crippen molar-refractivity contribution >= 4 is 28.5 Å². The number of methoxy groups -OCH3 is 1. The molecule has 0 radical (unpaired) electrons. The van der Waals surface area contributed by atoms with Crippen LogP contribution < -0.4 is 10.6 Å². The molecule has 2 aromatic carbocycles. The molecule has 0 unspecified atom stereocenters. The smallest absolute Gasteiger partial charge is 0.253 e. The first kappa shape index (κ1) is 23.8.